The lowest BCUT2D eigenvalue weighted by Crippen LogP contribution is -2.34. The van der Waals surface area contributed by atoms with E-state index in [4.69, 9.17) is 10.7 Å². The number of alkyl halides is 1. The number of nitrogens with two attached hydrogens (primary N) is 1. The largest absolute Gasteiger partial charge is 0.368 e. The van der Waals surface area contributed by atoms with Crippen molar-refractivity contribution in [2.75, 3.05) is 23.7 Å². The molecule has 0 bridgehead atoms. The zero-order chi connectivity index (χ0) is 19.7. The fourth-order valence-corrected chi connectivity index (χ4v) is 3.65. The molecule has 0 radical (unpaired) electrons. The molecular weight excluding hydrogens is 364 g/mol. The van der Waals surface area contributed by atoms with Crippen LogP contribution >= 0.6 is 0 Å². The molecule has 0 aliphatic carbocycles. The predicted octanol–water partition coefficient (Wildman–Crippen LogP) is 3.08. The maximum absolute atomic E-state index is 13.2. The summed E-state index contributed by atoms with van der Waals surface area (Å²) >= 11 is 0. The first-order valence-electron chi connectivity index (χ1n) is 9.16. The number of halogens is 2. The van der Waals surface area contributed by atoms with Gasteiger partial charge in [-0.1, -0.05) is 0 Å². The summed E-state index contributed by atoms with van der Waals surface area (Å²) in [5, 5.41) is 7.87. The SMILES string of the molecule is Cc1ccc(-c2ccc(F)nc2)c(N2CCC(c3nnc(N)n3CF)CC2)n1. The van der Waals surface area contributed by atoms with E-state index in [1.54, 1.807) is 6.07 Å². The predicted molar refractivity (Wildman–Crippen MR) is 102 cm³/mol. The first kappa shape index (κ1) is 18.3. The van der Waals surface area contributed by atoms with Crippen LogP contribution in [-0.4, -0.2) is 37.8 Å². The second-order valence-electron chi connectivity index (χ2n) is 6.92. The first-order valence-corrected chi connectivity index (χ1v) is 9.16. The summed E-state index contributed by atoms with van der Waals surface area (Å²) in [6.45, 7) is 2.69. The summed E-state index contributed by atoms with van der Waals surface area (Å²) in [6, 6.07) is 6.97. The van der Waals surface area contributed by atoms with Gasteiger partial charge in [0.05, 0.1) is 0 Å². The molecule has 3 aromatic rings. The van der Waals surface area contributed by atoms with Crippen molar-refractivity contribution in [1.29, 1.82) is 0 Å². The highest BCUT2D eigenvalue weighted by molar-refractivity contribution is 5.75. The van der Waals surface area contributed by atoms with E-state index < -0.39 is 12.7 Å². The molecule has 7 nitrogen and oxygen atoms in total. The fraction of sp³-hybridized carbons (Fsp3) is 0.368. The van der Waals surface area contributed by atoms with Crippen LogP contribution in [0.5, 0.6) is 0 Å². The van der Waals surface area contributed by atoms with Crippen molar-refractivity contribution in [3.8, 4) is 11.1 Å². The monoisotopic (exact) mass is 385 g/mol. The molecule has 0 atom stereocenters. The van der Waals surface area contributed by atoms with Gasteiger partial charge in [-0.15, -0.1) is 10.2 Å². The van der Waals surface area contributed by atoms with E-state index in [-0.39, 0.29) is 11.9 Å². The molecule has 4 rings (SSSR count). The number of anilines is 2. The van der Waals surface area contributed by atoms with Crippen LogP contribution in [0.4, 0.5) is 20.5 Å². The van der Waals surface area contributed by atoms with Gasteiger partial charge in [0.15, 0.2) is 6.80 Å². The molecule has 1 aliphatic heterocycles. The zero-order valence-corrected chi connectivity index (χ0v) is 15.5. The van der Waals surface area contributed by atoms with Gasteiger partial charge in [-0.2, -0.15) is 4.39 Å². The third-order valence-corrected chi connectivity index (χ3v) is 5.14. The Labute approximate surface area is 161 Å². The quantitative estimate of drug-likeness (QED) is 0.695. The normalized spacial score (nSPS) is 15.2. The van der Waals surface area contributed by atoms with Gasteiger partial charge in [0, 0.05) is 42.0 Å². The number of hydrogen-bond donors (Lipinski definition) is 1. The second-order valence-corrected chi connectivity index (χ2v) is 6.92. The minimum atomic E-state index is -0.727. The summed E-state index contributed by atoms with van der Waals surface area (Å²) in [5.74, 6) is 1.13. The Balaban J connectivity index is 1.58. The molecule has 2 N–H and O–H groups in total. The Hall–Kier alpha value is -3.10. The smallest absolute Gasteiger partial charge is 0.224 e. The summed E-state index contributed by atoms with van der Waals surface area (Å²) in [5.41, 5.74) is 8.31. The van der Waals surface area contributed by atoms with E-state index in [1.165, 1.54) is 16.8 Å². The molecular formula is C19H21F2N7. The molecule has 0 unspecified atom stereocenters. The highest BCUT2D eigenvalue weighted by Crippen LogP contribution is 2.34. The molecule has 1 saturated heterocycles. The number of nitrogens with zero attached hydrogens (tertiary/aromatic N) is 6. The van der Waals surface area contributed by atoms with Gasteiger partial charge in [0.1, 0.15) is 11.6 Å². The van der Waals surface area contributed by atoms with Crippen molar-refractivity contribution in [1.82, 2.24) is 24.7 Å². The highest BCUT2D eigenvalue weighted by atomic mass is 19.1. The van der Waals surface area contributed by atoms with E-state index in [0.29, 0.717) is 5.82 Å². The van der Waals surface area contributed by atoms with E-state index in [2.05, 4.69) is 20.1 Å². The summed E-state index contributed by atoms with van der Waals surface area (Å²) < 4.78 is 27.8. The van der Waals surface area contributed by atoms with Gasteiger partial charge < -0.3 is 10.6 Å². The van der Waals surface area contributed by atoms with Crippen LogP contribution in [0.15, 0.2) is 30.5 Å². The molecule has 0 amide bonds. The van der Waals surface area contributed by atoms with Crippen LogP contribution in [0.1, 0.15) is 30.3 Å². The third-order valence-electron chi connectivity index (χ3n) is 5.14. The molecule has 3 aromatic heterocycles. The van der Waals surface area contributed by atoms with Gasteiger partial charge in [0.25, 0.3) is 0 Å². The maximum Gasteiger partial charge on any atom is 0.224 e. The maximum atomic E-state index is 13.2. The lowest BCUT2D eigenvalue weighted by molar-refractivity contribution is 0.355. The lowest BCUT2D eigenvalue weighted by atomic mass is 9.95. The number of rotatable bonds is 4. The minimum absolute atomic E-state index is 0.0950. The van der Waals surface area contributed by atoms with Crippen molar-refractivity contribution in [2.24, 2.45) is 0 Å². The zero-order valence-electron chi connectivity index (χ0n) is 15.5. The van der Waals surface area contributed by atoms with Crippen molar-refractivity contribution < 1.29 is 8.78 Å². The topological polar surface area (TPSA) is 85.8 Å². The van der Waals surface area contributed by atoms with Crippen molar-refractivity contribution in [3.63, 3.8) is 0 Å². The van der Waals surface area contributed by atoms with Crippen molar-refractivity contribution in [3.05, 3.63) is 47.9 Å². The van der Waals surface area contributed by atoms with E-state index in [9.17, 15) is 8.78 Å². The van der Waals surface area contributed by atoms with Crippen LogP contribution in [0.2, 0.25) is 0 Å². The number of piperidine rings is 1. The van der Waals surface area contributed by atoms with Gasteiger partial charge in [-0.3, -0.25) is 4.57 Å². The Morgan fingerprint density at radius 2 is 1.93 bits per heavy atom. The van der Waals surface area contributed by atoms with Crippen molar-refractivity contribution in [2.45, 2.75) is 32.5 Å². The summed E-state index contributed by atoms with van der Waals surface area (Å²) in [6.07, 6.45) is 3.09. The molecule has 0 spiro atoms. The van der Waals surface area contributed by atoms with Gasteiger partial charge in [0.2, 0.25) is 11.9 Å². The molecule has 9 heteroatoms. The average Bonchev–Trinajstić information content (AvgIpc) is 3.09. The van der Waals surface area contributed by atoms with Crippen molar-refractivity contribution >= 4 is 11.8 Å². The lowest BCUT2D eigenvalue weighted by Gasteiger charge is -2.33. The number of hydrogen-bond acceptors (Lipinski definition) is 6. The number of aromatic nitrogens is 5. The van der Waals surface area contributed by atoms with E-state index in [0.717, 1.165) is 48.6 Å². The number of pyridine rings is 2. The molecule has 0 saturated carbocycles. The Bertz CT molecular complexity index is 963. The van der Waals surface area contributed by atoms with Gasteiger partial charge in [-0.05, 0) is 44.0 Å². The summed E-state index contributed by atoms with van der Waals surface area (Å²) in [7, 11) is 0. The minimum Gasteiger partial charge on any atom is -0.368 e. The van der Waals surface area contributed by atoms with Crippen LogP contribution in [0.3, 0.4) is 0 Å². The highest BCUT2D eigenvalue weighted by Gasteiger charge is 2.27. The van der Waals surface area contributed by atoms with Crippen LogP contribution in [0, 0.1) is 12.9 Å². The molecule has 4 heterocycles. The van der Waals surface area contributed by atoms with Crippen LogP contribution < -0.4 is 10.6 Å². The van der Waals surface area contributed by atoms with Crippen LogP contribution in [0.25, 0.3) is 11.1 Å². The third kappa shape index (κ3) is 3.39. The second kappa shape index (κ2) is 7.49. The standard InChI is InChI=1S/C19H21F2N7/c1-12-2-4-15(14-3-5-16(21)23-10-14)18(24-12)27-8-6-13(7-9-27)17-25-26-19(22)28(17)11-20/h2-5,10,13H,6-9,11H2,1H3,(H2,22,26). The van der Waals surface area contributed by atoms with Crippen LogP contribution in [-0.2, 0) is 6.80 Å². The number of aryl methyl sites for hydroxylation is 1. The molecule has 1 fully saturated rings. The summed E-state index contributed by atoms with van der Waals surface area (Å²) in [4.78, 5) is 10.7. The number of nitrogen functional groups attached to an aromatic ring is 1. The molecule has 0 aromatic carbocycles. The first-order chi connectivity index (χ1) is 13.6. The Morgan fingerprint density at radius 1 is 1.14 bits per heavy atom. The van der Waals surface area contributed by atoms with Gasteiger partial charge >= 0.3 is 0 Å². The molecule has 28 heavy (non-hydrogen) atoms. The average molecular weight is 385 g/mol. The van der Waals surface area contributed by atoms with E-state index in [1.807, 2.05) is 19.1 Å². The Morgan fingerprint density at radius 3 is 2.61 bits per heavy atom. The Kier molecular flexibility index (Phi) is 4.89. The van der Waals surface area contributed by atoms with Gasteiger partial charge in [-0.25, -0.2) is 14.4 Å². The molecule has 1 aliphatic rings. The fourth-order valence-electron chi connectivity index (χ4n) is 3.65. The molecule has 146 valence electrons. The van der Waals surface area contributed by atoms with E-state index >= 15 is 0 Å².